The van der Waals surface area contributed by atoms with Crippen LogP contribution in [0.4, 0.5) is 5.69 Å². The molecule has 0 heterocycles. The van der Waals surface area contributed by atoms with Crippen molar-refractivity contribution in [3.8, 4) is 0 Å². The zero-order valence-corrected chi connectivity index (χ0v) is 18.9. The maximum Gasteiger partial charge on any atom is 0.257 e. The predicted octanol–water partition coefficient (Wildman–Crippen LogP) is 4.19. The molecule has 154 valence electrons. The summed E-state index contributed by atoms with van der Waals surface area (Å²) in [6.07, 6.45) is 5.03. The van der Waals surface area contributed by atoms with Gasteiger partial charge < -0.3 is 5.32 Å². The molecule has 0 aromatic heterocycles. The minimum absolute atomic E-state index is 0.00736. The Morgan fingerprint density at radius 3 is 2.21 bits per heavy atom. The summed E-state index contributed by atoms with van der Waals surface area (Å²) in [4.78, 5) is 12.4. The zero-order chi connectivity index (χ0) is 20.9. The van der Waals surface area contributed by atoms with Gasteiger partial charge in [-0.2, -0.15) is 0 Å². The monoisotopic (exact) mass is 495 g/mol. The van der Waals surface area contributed by atoms with Crippen LogP contribution in [-0.2, 0) is 10.0 Å². The molecule has 1 aliphatic rings. The third-order valence-corrected chi connectivity index (χ3v) is 6.95. The van der Waals surface area contributed by atoms with Crippen LogP contribution in [0.1, 0.15) is 42.5 Å². The Morgan fingerprint density at radius 2 is 1.59 bits per heavy atom. The fraction of sp³-hybridized carbons (Fsp3) is 0.300. The van der Waals surface area contributed by atoms with E-state index in [1.54, 1.807) is 36.4 Å². The first-order chi connectivity index (χ1) is 13.8. The van der Waals surface area contributed by atoms with Gasteiger partial charge in [-0.3, -0.25) is 10.1 Å². The van der Waals surface area contributed by atoms with Gasteiger partial charge in [0.25, 0.3) is 5.91 Å². The number of sulfonamides is 1. The van der Waals surface area contributed by atoms with E-state index in [2.05, 4.69) is 31.3 Å². The van der Waals surface area contributed by atoms with Crippen LogP contribution in [0.15, 0.2) is 57.9 Å². The van der Waals surface area contributed by atoms with E-state index in [0.717, 1.165) is 36.6 Å². The number of rotatable bonds is 5. The number of thiocarbonyl (C=S) groups is 1. The SMILES string of the molecule is O=C(NC(=S)Nc1ccc(S(=O)(=O)NC2CCCCC2)cc1)c1ccc(Br)cc1. The largest absolute Gasteiger partial charge is 0.332 e. The summed E-state index contributed by atoms with van der Waals surface area (Å²) < 4.78 is 28.7. The summed E-state index contributed by atoms with van der Waals surface area (Å²) in [5.41, 5.74) is 1.07. The van der Waals surface area contributed by atoms with Crippen molar-refractivity contribution >= 4 is 54.9 Å². The van der Waals surface area contributed by atoms with E-state index in [-0.39, 0.29) is 22.0 Å². The molecule has 0 unspecified atom stereocenters. The lowest BCUT2D eigenvalue weighted by molar-refractivity contribution is 0.0977. The van der Waals surface area contributed by atoms with E-state index in [1.165, 1.54) is 12.1 Å². The smallest absolute Gasteiger partial charge is 0.257 e. The third-order valence-electron chi connectivity index (χ3n) is 4.68. The number of halogens is 1. The molecule has 3 N–H and O–H groups in total. The van der Waals surface area contributed by atoms with Crippen LogP contribution < -0.4 is 15.4 Å². The second-order valence-corrected chi connectivity index (χ2v) is 9.93. The van der Waals surface area contributed by atoms with Crippen molar-refractivity contribution < 1.29 is 13.2 Å². The maximum atomic E-state index is 12.5. The van der Waals surface area contributed by atoms with Crippen LogP contribution in [0, 0.1) is 0 Å². The Balaban J connectivity index is 1.57. The van der Waals surface area contributed by atoms with Crippen molar-refractivity contribution in [1.29, 1.82) is 0 Å². The number of amides is 1. The van der Waals surface area contributed by atoms with Crippen molar-refractivity contribution in [1.82, 2.24) is 10.0 Å². The number of carbonyl (C=O) groups is 1. The predicted molar refractivity (Wildman–Crippen MR) is 121 cm³/mol. The molecule has 3 rings (SSSR count). The highest BCUT2D eigenvalue weighted by atomic mass is 79.9. The summed E-state index contributed by atoms with van der Waals surface area (Å²) in [7, 11) is -3.55. The molecule has 1 fully saturated rings. The maximum absolute atomic E-state index is 12.5. The van der Waals surface area contributed by atoms with Crippen LogP contribution in [0.3, 0.4) is 0 Å². The zero-order valence-electron chi connectivity index (χ0n) is 15.7. The molecule has 2 aromatic rings. The highest BCUT2D eigenvalue weighted by Gasteiger charge is 2.21. The Hall–Kier alpha value is -1.81. The number of nitrogens with one attached hydrogen (secondary N) is 3. The lowest BCUT2D eigenvalue weighted by Crippen LogP contribution is -2.36. The summed E-state index contributed by atoms with van der Waals surface area (Å²) in [6, 6.07) is 13.2. The highest BCUT2D eigenvalue weighted by molar-refractivity contribution is 9.10. The van der Waals surface area contributed by atoms with Crippen molar-refractivity contribution in [3.05, 3.63) is 58.6 Å². The fourth-order valence-corrected chi connectivity index (χ4v) is 4.94. The average Bonchev–Trinajstić information content (AvgIpc) is 2.69. The number of carbonyl (C=O) groups excluding carboxylic acids is 1. The van der Waals surface area contributed by atoms with Crippen LogP contribution in [0.5, 0.6) is 0 Å². The Kier molecular flexibility index (Phi) is 7.39. The highest BCUT2D eigenvalue weighted by Crippen LogP contribution is 2.21. The Morgan fingerprint density at radius 1 is 0.966 bits per heavy atom. The molecule has 1 saturated carbocycles. The lowest BCUT2D eigenvalue weighted by Gasteiger charge is -2.22. The molecule has 0 saturated heterocycles. The van der Waals surface area contributed by atoms with Crippen molar-refractivity contribution in [2.24, 2.45) is 0 Å². The molecule has 6 nitrogen and oxygen atoms in total. The number of benzene rings is 2. The fourth-order valence-electron chi connectivity index (χ4n) is 3.16. The van der Waals surface area contributed by atoms with E-state index >= 15 is 0 Å². The summed E-state index contributed by atoms with van der Waals surface area (Å²) >= 11 is 8.49. The molecule has 0 aliphatic heterocycles. The number of hydrogen-bond donors (Lipinski definition) is 3. The van der Waals surface area contributed by atoms with E-state index in [1.807, 2.05) is 0 Å². The summed E-state index contributed by atoms with van der Waals surface area (Å²) in [6.45, 7) is 0. The van der Waals surface area contributed by atoms with Crippen molar-refractivity contribution in [2.45, 2.75) is 43.0 Å². The summed E-state index contributed by atoms with van der Waals surface area (Å²) in [5.74, 6) is -0.328. The molecule has 0 spiro atoms. The van der Waals surface area contributed by atoms with E-state index < -0.39 is 10.0 Å². The van der Waals surface area contributed by atoms with Crippen LogP contribution in [-0.4, -0.2) is 25.5 Å². The van der Waals surface area contributed by atoms with E-state index in [0.29, 0.717) is 11.3 Å². The first-order valence-corrected chi connectivity index (χ1v) is 12.0. The minimum Gasteiger partial charge on any atom is -0.332 e. The number of hydrogen-bond acceptors (Lipinski definition) is 4. The first kappa shape index (κ1) is 21.9. The van der Waals surface area contributed by atoms with E-state index in [9.17, 15) is 13.2 Å². The molecule has 29 heavy (non-hydrogen) atoms. The van der Waals surface area contributed by atoms with Crippen molar-refractivity contribution in [2.75, 3.05) is 5.32 Å². The van der Waals surface area contributed by atoms with E-state index in [4.69, 9.17) is 12.2 Å². The van der Waals surface area contributed by atoms with Crippen LogP contribution >= 0.6 is 28.1 Å². The molecule has 0 atom stereocenters. The molecule has 1 amide bonds. The average molecular weight is 496 g/mol. The Labute approximate surface area is 184 Å². The third kappa shape index (κ3) is 6.33. The lowest BCUT2D eigenvalue weighted by atomic mass is 9.96. The van der Waals surface area contributed by atoms with Gasteiger partial charge in [0.2, 0.25) is 10.0 Å². The molecule has 9 heteroatoms. The Bertz CT molecular complexity index is 971. The quantitative estimate of drug-likeness (QED) is 0.541. The van der Waals surface area contributed by atoms with Gasteiger partial charge in [-0.25, -0.2) is 13.1 Å². The van der Waals surface area contributed by atoms with Gasteiger partial charge in [0.15, 0.2) is 5.11 Å². The first-order valence-electron chi connectivity index (χ1n) is 9.34. The van der Waals surface area contributed by atoms with Gasteiger partial charge in [-0.05, 0) is 73.6 Å². The minimum atomic E-state index is -3.55. The molecule has 0 radical (unpaired) electrons. The second kappa shape index (κ2) is 9.80. The van der Waals surface area contributed by atoms with Crippen molar-refractivity contribution in [3.63, 3.8) is 0 Å². The van der Waals surface area contributed by atoms with Gasteiger partial charge in [0.1, 0.15) is 0 Å². The van der Waals surface area contributed by atoms with Crippen LogP contribution in [0.25, 0.3) is 0 Å². The molecular formula is C20H22BrN3O3S2. The standard InChI is InChI=1S/C20H22BrN3O3S2/c21-15-8-6-14(7-9-15)19(25)23-20(28)22-16-10-12-18(13-11-16)29(26,27)24-17-4-2-1-3-5-17/h6-13,17,24H,1-5H2,(H2,22,23,25,28). The molecule has 2 aromatic carbocycles. The normalized spacial score (nSPS) is 14.9. The number of anilines is 1. The van der Waals surface area contributed by atoms with Gasteiger partial charge in [0, 0.05) is 21.8 Å². The molecule has 0 bridgehead atoms. The van der Waals surface area contributed by atoms with Crippen LogP contribution in [0.2, 0.25) is 0 Å². The van der Waals surface area contributed by atoms with Gasteiger partial charge in [-0.15, -0.1) is 0 Å². The summed E-state index contributed by atoms with van der Waals surface area (Å²) in [5, 5.41) is 5.62. The molecule has 1 aliphatic carbocycles. The van der Waals surface area contributed by atoms with Gasteiger partial charge in [-0.1, -0.05) is 35.2 Å². The topological polar surface area (TPSA) is 87.3 Å². The van der Waals surface area contributed by atoms with Gasteiger partial charge in [0.05, 0.1) is 4.90 Å². The van der Waals surface area contributed by atoms with Gasteiger partial charge >= 0.3 is 0 Å². The molecular weight excluding hydrogens is 474 g/mol. The second-order valence-electron chi connectivity index (χ2n) is 6.90.